The Kier molecular flexibility index (Phi) is 7.03. The molecule has 1 atom stereocenters. The van der Waals surface area contributed by atoms with Gasteiger partial charge < -0.3 is 10.2 Å². The molecule has 37 heavy (non-hydrogen) atoms. The summed E-state index contributed by atoms with van der Waals surface area (Å²) in [5.41, 5.74) is 2.06. The fraction of sp³-hybridized carbons (Fsp3) is 0.385. The number of benzene rings is 2. The number of rotatable bonds is 7. The smallest absolute Gasteiger partial charge is 0.227 e. The Labute approximate surface area is 219 Å². The zero-order chi connectivity index (χ0) is 26.2. The first kappa shape index (κ1) is 25.7. The zero-order valence-corrected chi connectivity index (χ0v) is 22.5. The fourth-order valence-electron chi connectivity index (χ4n) is 5.12. The monoisotopic (exact) mass is 543 g/mol. The third kappa shape index (κ3) is 5.39. The van der Waals surface area contributed by atoms with E-state index in [0.717, 1.165) is 24.1 Å². The van der Waals surface area contributed by atoms with E-state index in [9.17, 15) is 17.0 Å². The van der Waals surface area contributed by atoms with Crippen molar-refractivity contribution in [3.63, 3.8) is 0 Å². The maximum atomic E-state index is 13.8. The highest BCUT2D eigenvalue weighted by molar-refractivity contribution is 7.88. The number of halogens is 1. The second-order valence-electron chi connectivity index (χ2n) is 9.74. The number of nitrogens with one attached hydrogen (secondary N) is 1. The van der Waals surface area contributed by atoms with E-state index in [1.807, 2.05) is 18.2 Å². The van der Waals surface area contributed by atoms with Gasteiger partial charge in [0.05, 0.1) is 22.7 Å². The minimum atomic E-state index is -3.33. The number of aryl methyl sites for hydroxylation is 1. The van der Waals surface area contributed by atoms with Crippen LogP contribution in [0.2, 0.25) is 0 Å². The van der Waals surface area contributed by atoms with Crippen molar-refractivity contribution in [2.45, 2.75) is 29.6 Å². The average Bonchev–Trinajstić information content (AvgIpc) is 3.25. The van der Waals surface area contributed by atoms with Gasteiger partial charge in [-0.15, -0.1) is 0 Å². The van der Waals surface area contributed by atoms with Gasteiger partial charge in [-0.2, -0.15) is 4.98 Å². The van der Waals surface area contributed by atoms with Crippen molar-refractivity contribution in [3.05, 3.63) is 71.7 Å². The van der Waals surface area contributed by atoms with Crippen molar-refractivity contribution in [1.29, 1.82) is 0 Å². The van der Waals surface area contributed by atoms with Crippen molar-refractivity contribution in [3.8, 4) is 0 Å². The first-order valence-corrected chi connectivity index (χ1v) is 15.4. The molecule has 2 aliphatic rings. The van der Waals surface area contributed by atoms with Crippen molar-refractivity contribution in [2.24, 2.45) is 0 Å². The summed E-state index contributed by atoms with van der Waals surface area (Å²) in [5, 5.41) is 3.16. The van der Waals surface area contributed by atoms with Crippen LogP contribution in [0.25, 0.3) is 0 Å². The van der Waals surface area contributed by atoms with Crippen LogP contribution in [0.4, 0.5) is 21.8 Å². The molecule has 3 aromatic rings. The molecule has 0 radical (unpaired) electrons. The molecule has 0 bridgehead atoms. The number of nitrogens with zero attached hydrogens (tertiary/aromatic N) is 4. The Morgan fingerprint density at radius 3 is 2.51 bits per heavy atom. The normalized spacial score (nSPS) is 19.1. The molecule has 8 nitrogen and oxygen atoms in total. The molecule has 196 valence electrons. The highest BCUT2D eigenvalue weighted by Crippen LogP contribution is 2.39. The third-order valence-electron chi connectivity index (χ3n) is 7.24. The van der Waals surface area contributed by atoms with Crippen molar-refractivity contribution >= 4 is 38.3 Å². The average molecular weight is 544 g/mol. The Bertz CT molecular complexity index is 1430. The lowest BCUT2D eigenvalue weighted by Gasteiger charge is -2.44. The van der Waals surface area contributed by atoms with Gasteiger partial charge in [0, 0.05) is 50.0 Å². The van der Waals surface area contributed by atoms with Crippen LogP contribution in [0.1, 0.15) is 24.1 Å². The first-order valence-electron chi connectivity index (χ1n) is 12.2. The van der Waals surface area contributed by atoms with Gasteiger partial charge in [0.15, 0.2) is 5.82 Å². The van der Waals surface area contributed by atoms with Gasteiger partial charge in [-0.05, 0) is 36.6 Å². The van der Waals surface area contributed by atoms with E-state index in [1.165, 1.54) is 22.7 Å². The topological polar surface area (TPSA) is 95.5 Å². The van der Waals surface area contributed by atoms with E-state index < -0.39 is 20.8 Å². The van der Waals surface area contributed by atoms with Crippen LogP contribution in [-0.4, -0.2) is 65.6 Å². The van der Waals surface area contributed by atoms with Crippen LogP contribution in [-0.2, 0) is 32.7 Å². The van der Waals surface area contributed by atoms with Gasteiger partial charge in [0.2, 0.25) is 16.0 Å². The van der Waals surface area contributed by atoms with E-state index in [1.54, 1.807) is 19.2 Å². The summed E-state index contributed by atoms with van der Waals surface area (Å²) in [4.78, 5) is 12.2. The van der Waals surface area contributed by atoms with E-state index in [4.69, 9.17) is 9.97 Å². The van der Waals surface area contributed by atoms with Gasteiger partial charge in [-0.1, -0.05) is 36.4 Å². The Morgan fingerprint density at radius 2 is 1.84 bits per heavy atom. The summed E-state index contributed by atoms with van der Waals surface area (Å²) in [7, 11) is -2.92. The van der Waals surface area contributed by atoms with Crippen LogP contribution in [0.3, 0.4) is 0 Å². The molecular formula is C26H30FN5O3S2. The minimum absolute atomic E-state index is 0.337. The predicted molar refractivity (Wildman–Crippen MR) is 144 cm³/mol. The van der Waals surface area contributed by atoms with Gasteiger partial charge in [-0.3, -0.25) is 4.21 Å². The summed E-state index contributed by atoms with van der Waals surface area (Å²) in [6.45, 7) is 1.65. The van der Waals surface area contributed by atoms with Gasteiger partial charge in [0.25, 0.3) is 0 Å². The minimum Gasteiger partial charge on any atom is -0.341 e. The van der Waals surface area contributed by atoms with Gasteiger partial charge >= 0.3 is 0 Å². The van der Waals surface area contributed by atoms with Crippen LogP contribution in [0.15, 0.2) is 59.5 Å². The molecule has 5 rings (SSSR count). The Hall–Kier alpha value is -2.89. The maximum Gasteiger partial charge on any atom is 0.227 e. The highest BCUT2D eigenvalue weighted by atomic mass is 32.2. The molecule has 0 spiro atoms. The van der Waals surface area contributed by atoms with Crippen LogP contribution in [0, 0.1) is 5.82 Å². The van der Waals surface area contributed by atoms with E-state index in [2.05, 4.69) is 22.3 Å². The molecule has 1 N–H and O–H groups in total. The maximum absolute atomic E-state index is 13.8. The second-order valence-corrected chi connectivity index (χ2v) is 13.3. The molecule has 1 fully saturated rings. The standard InChI is InChI=1S/C26H30FN5O3S2/c1-31(37(2,34)35)18-26(19-7-4-3-5-8-19)12-14-32(15-13-26)25-29-22-11-16-36(33)23(22)24(30-25)28-21-10-6-9-20(27)17-21/h3-10,17H,11-16,18H2,1-2H3,(H,28,29,30). The van der Waals surface area contributed by atoms with Crippen LogP contribution < -0.4 is 10.2 Å². The van der Waals surface area contributed by atoms with Crippen LogP contribution >= 0.6 is 0 Å². The number of hydrogen-bond donors (Lipinski definition) is 1. The fourth-order valence-corrected chi connectivity index (χ4v) is 6.91. The van der Waals surface area contributed by atoms with Crippen LogP contribution in [0.5, 0.6) is 0 Å². The summed E-state index contributed by atoms with van der Waals surface area (Å²) < 4.78 is 52.4. The quantitative estimate of drug-likeness (QED) is 0.488. The number of fused-ring (bicyclic) bond motifs is 1. The number of aromatic nitrogens is 2. The van der Waals surface area contributed by atoms with Crippen molar-refractivity contribution in [1.82, 2.24) is 14.3 Å². The lowest BCUT2D eigenvalue weighted by Crippen LogP contribution is -2.49. The highest BCUT2D eigenvalue weighted by Gasteiger charge is 2.39. The van der Waals surface area contributed by atoms with Crippen molar-refractivity contribution in [2.75, 3.05) is 48.9 Å². The molecule has 2 aliphatic heterocycles. The SMILES string of the molecule is CN(CC1(c2ccccc2)CCN(c2nc3c(c(Nc4cccc(F)c4)n2)S(=O)CC3)CC1)S(C)(=O)=O. The third-order valence-corrected chi connectivity index (χ3v) is 9.96. The molecule has 3 heterocycles. The largest absolute Gasteiger partial charge is 0.341 e. The number of hydrogen-bond acceptors (Lipinski definition) is 7. The lowest BCUT2D eigenvalue weighted by molar-refractivity contribution is 0.271. The number of piperidine rings is 1. The molecule has 2 aromatic carbocycles. The van der Waals surface area contributed by atoms with Crippen molar-refractivity contribution < 1.29 is 17.0 Å². The number of likely N-dealkylation sites (N-methyl/N-ethyl adjacent to an activating group) is 1. The summed E-state index contributed by atoms with van der Waals surface area (Å²) in [5.74, 6) is 1.09. The molecule has 0 saturated carbocycles. The molecule has 11 heteroatoms. The zero-order valence-electron chi connectivity index (χ0n) is 20.9. The Balaban J connectivity index is 1.44. The molecule has 0 aliphatic carbocycles. The predicted octanol–water partition coefficient (Wildman–Crippen LogP) is 3.45. The lowest BCUT2D eigenvalue weighted by atomic mass is 9.72. The van der Waals surface area contributed by atoms with E-state index in [-0.39, 0.29) is 11.2 Å². The first-order chi connectivity index (χ1) is 17.6. The van der Waals surface area contributed by atoms with E-state index in [0.29, 0.717) is 54.2 Å². The summed E-state index contributed by atoms with van der Waals surface area (Å²) in [6.07, 6.45) is 3.26. The summed E-state index contributed by atoms with van der Waals surface area (Å²) in [6, 6.07) is 16.1. The Morgan fingerprint density at radius 1 is 1.11 bits per heavy atom. The molecule has 1 unspecified atom stereocenters. The molecular weight excluding hydrogens is 513 g/mol. The number of anilines is 3. The van der Waals surface area contributed by atoms with Gasteiger partial charge in [-0.25, -0.2) is 22.1 Å². The molecule has 1 aromatic heterocycles. The number of sulfonamides is 1. The summed E-state index contributed by atoms with van der Waals surface area (Å²) >= 11 is 0. The molecule has 0 amide bonds. The van der Waals surface area contributed by atoms with Gasteiger partial charge in [0.1, 0.15) is 10.7 Å². The molecule has 1 saturated heterocycles. The second kappa shape index (κ2) is 10.1. The van der Waals surface area contributed by atoms with E-state index >= 15 is 0 Å².